The number of Topliss-reactive ketones (excluding diaryl/α,β-unsaturated/α-hetero) is 1. The van der Waals surface area contributed by atoms with Crippen molar-refractivity contribution in [3.63, 3.8) is 0 Å². The summed E-state index contributed by atoms with van der Waals surface area (Å²) in [6.07, 6.45) is 2.12. The normalized spacial score (nSPS) is 18.2. The Hall–Kier alpha value is -3.54. The van der Waals surface area contributed by atoms with Crippen molar-refractivity contribution < 1.29 is 15.0 Å². The number of fused-ring (bicyclic) bond motifs is 1. The molecule has 1 aliphatic heterocycles. The van der Waals surface area contributed by atoms with E-state index in [1.54, 1.807) is 12.1 Å². The van der Waals surface area contributed by atoms with E-state index in [4.69, 9.17) is 5.10 Å². The molecule has 2 heterocycles. The molecule has 6 nitrogen and oxygen atoms in total. The fourth-order valence-corrected chi connectivity index (χ4v) is 4.43. The molecule has 1 atom stereocenters. The van der Waals surface area contributed by atoms with Gasteiger partial charge in [0.05, 0.1) is 11.4 Å². The first-order chi connectivity index (χ1) is 14.0. The van der Waals surface area contributed by atoms with Crippen LogP contribution in [0, 0.1) is 6.92 Å². The number of nitrogens with zero attached hydrogens (tertiary/aromatic N) is 2. The van der Waals surface area contributed by atoms with Crippen molar-refractivity contribution in [1.82, 2.24) is 9.78 Å². The van der Waals surface area contributed by atoms with E-state index in [0.29, 0.717) is 6.42 Å². The maximum absolute atomic E-state index is 12.9. The van der Waals surface area contributed by atoms with E-state index in [2.05, 4.69) is 5.32 Å². The monoisotopic (exact) mass is 387 g/mol. The molecule has 1 aliphatic carbocycles. The van der Waals surface area contributed by atoms with Crippen LogP contribution >= 0.6 is 0 Å². The van der Waals surface area contributed by atoms with Crippen LogP contribution in [-0.4, -0.2) is 25.8 Å². The fourth-order valence-electron chi connectivity index (χ4n) is 4.43. The number of carbonyl (C=O) groups excluding carboxylic acids is 1. The van der Waals surface area contributed by atoms with E-state index in [9.17, 15) is 15.0 Å². The largest absolute Gasteiger partial charge is 0.504 e. The highest BCUT2D eigenvalue weighted by Gasteiger charge is 2.38. The number of hydrogen-bond donors (Lipinski definition) is 3. The SMILES string of the molecule is Cc1nn(-c2ccccc2)c2c1C(c1ccc(O)c(O)c1)C1=C(CCCC1=O)N2. The van der Waals surface area contributed by atoms with Crippen molar-refractivity contribution in [2.45, 2.75) is 32.1 Å². The molecule has 1 aromatic heterocycles. The maximum Gasteiger partial charge on any atom is 0.161 e. The lowest BCUT2D eigenvalue weighted by atomic mass is 9.76. The molecule has 29 heavy (non-hydrogen) atoms. The topological polar surface area (TPSA) is 87.4 Å². The number of phenols is 2. The third-order valence-electron chi connectivity index (χ3n) is 5.74. The zero-order valence-corrected chi connectivity index (χ0v) is 16.0. The van der Waals surface area contributed by atoms with Crippen molar-refractivity contribution in [2.24, 2.45) is 0 Å². The van der Waals surface area contributed by atoms with Gasteiger partial charge in [-0.05, 0) is 49.6 Å². The highest BCUT2D eigenvalue weighted by molar-refractivity contribution is 6.01. The fraction of sp³-hybridized carbons (Fsp3) is 0.217. The molecule has 0 saturated carbocycles. The molecular weight excluding hydrogens is 366 g/mol. The summed E-state index contributed by atoms with van der Waals surface area (Å²) in [4.78, 5) is 12.9. The minimum absolute atomic E-state index is 0.119. The molecule has 0 saturated heterocycles. The standard InChI is InChI=1S/C23H21N3O3/c1-13-20-21(14-10-11-17(27)19(29)12-14)22-16(8-5-9-18(22)28)24-23(20)26(25-13)15-6-3-2-4-7-15/h2-4,6-7,10-12,21,24,27,29H,5,8-9H2,1H3. The van der Waals surface area contributed by atoms with Crippen LogP contribution in [0.25, 0.3) is 5.69 Å². The molecule has 3 aromatic rings. The summed E-state index contributed by atoms with van der Waals surface area (Å²) in [6, 6.07) is 14.6. The number of aryl methyl sites for hydroxylation is 1. The first-order valence-corrected chi connectivity index (χ1v) is 9.74. The number of aromatic nitrogens is 2. The van der Waals surface area contributed by atoms with Gasteiger partial charge >= 0.3 is 0 Å². The van der Waals surface area contributed by atoms with E-state index in [-0.39, 0.29) is 23.2 Å². The molecule has 6 heteroatoms. The highest BCUT2D eigenvalue weighted by Crippen LogP contribution is 2.48. The molecule has 1 unspecified atom stereocenters. The van der Waals surface area contributed by atoms with Crippen molar-refractivity contribution in [2.75, 3.05) is 5.32 Å². The van der Waals surface area contributed by atoms with E-state index in [0.717, 1.165) is 52.4 Å². The summed E-state index contributed by atoms with van der Waals surface area (Å²) in [5, 5.41) is 28.1. The Morgan fingerprint density at radius 2 is 1.86 bits per heavy atom. The number of carbonyl (C=O) groups is 1. The third kappa shape index (κ3) is 2.71. The number of aromatic hydroxyl groups is 2. The van der Waals surface area contributed by atoms with Gasteiger partial charge < -0.3 is 15.5 Å². The number of anilines is 1. The van der Waals surface area contributed by atoms with Crippen LogP contribution in [0.15, 0.2) is 59.8 Å². The van der Waals surface area contributed by atoms with Crippen LogP contribution in [0.1, 0.15) is 42.0 Å². The van der Waals surface area contributed by atoms with Gasteiger partial charge in [-0.25, -0.2) is 4.68 Å². The molecule has 146 valence electrons. The molecule has 0 fully saturated rings. The van der Waals surface area contributed by atoms with Gasteiger partial charge in [-0.2, -0.15) is 5.10 Å². The van der Waals surface area contributed by atoms with Gasteiger partial charge in [0.25, 0.3) is 0 Å². The van der Waals surface area contributed by atoms with Crippen molar-refractivity contribution >= 4 is 11.6 Å². The van der Waals surface area contributed by atoms with Gasteiger partial charge in [-0.15, -0.1) is 0 Å². The predicted molar refractivity (Wildman–Crippen MR) is 109 cm³/mol. The molecule has 0 bridgehead atoms. The summed E-state index contributed by atoms with van der Waals surface area (Å²) in [7, 11) is 0. The van der Waals surface area contributed by atoms with Crippen LogP contribution in [0.3, 0.4) is 0 Å². The number of nitrogens with one attached hydrogen (secondary N) is 1. The molecule has 3 N–H and O–H groups in total. The quantitative estimate of drug-likeness (QED) is 0.575. The summed E-state index contributed by atoms with van der Waals surface area (Å²) in [5.74, 6) is 0.261. The lowest BCUT2D eigenvalue weighted by Gasteiger charge is -2.33. The van der Waals surface area contributed by atoms with E-state index in [1.165, 1.54) is 6.07 Å². The molecule has 5 rings (SSSR count). The Bertz CT molecular complexity index is 1160. The number of hydrogen-bond acceptors (Lipinski definition) is 5. The van der Waals surface area contributed by atoms with Gasteiger partial charge in [0, 0.05) is 29.2 Å². The first kappa shape index (κ1) is 17.6. The van der Waals surface area contributed by atoms with Crippen molar-refractivity contribution in [1.29, 1.82) is 0 Å². The van der Waals surface area contributed by atoms with Crippen LogP contribution in [0.5, 0.6) is 11.5 Å². The lowest BCUT2D eigenvalue weighted by molar-refractivity contribution is -0.116. The van der Waals surface area contributed by atoms with E-state index >= 15 is 0 Å². The Balaban J connectivity index is 1.76. The molecule has 2 aromatic carbocycles. The second-order valence-electron chi connectivity index (χ2n) is 7.57. The zero-order valence-electron chi connectivity index (χ0n) is 16.0. The van der Waals surface area contributed by atoms with Crippen molar-refractivity contribution in [3.05, 3.63) is 76.6 Å². The number of ketones is 1. The highest BCUT2D eigenvalue weighted by atomic mass is 16.3. The van der Waals surface area contributed by atoms with Gasteiger partial charge in [-0.3, -0.25) is 4.79 Å². The molecule has 2 aliphatic rings. The maximum atomic E-state index is 12.9. The number of benzene rings is 2. The van der Waals surface area contributed by atoms with Gasteiger partial charge in [0.15, 0.2) is 17.3 Å². The summed E-state index contributed by atoms with van der Waals surface area (Å²) < 4.78 is 1.88. The molecular formula is C23H21N3O3. The number of rotatable bonds is 2. The Labute approximate surface area is 168 Å². The average Bonchev–Trinajstić information content (AvgIpc) is 3.06. The second-order valence-corrected chi connectivity index (χ2v) is 7.57. The predicted octanol–water partition coefficient (Wildman–Crippen LogP) is 4.16. The van der Waals surface area contributed by atoms with Crippen LogP contribution in [-0.2, 0) is 4.79 Å². The molecule has 0 radical (unpaired) electrons. The summed E-state index contributed by atoms with van der Waals surface area (Å²) in [5.41, 5.74) is 5.10. The average molecular weight is 387 g/mol. The lowest BCUT2D eigenvalue weighted by Crippen LogP contribution is -2.27. The summed E-state index contributed by atoms with van der Waals surface area (Å²) in [6.45, 7) is 1.94. The number of para-hydroxylation sites is 1. The van der Waals surface area contributed by atoms with Crippen LogP contribution < -0.4 is 5.32 Å². The number of phenolic OH excluding ortho intramolecular Hbond substituents is 2. The van der Waals surface area contributed by atoms with Gasteiger partial charge in [-0.1, -0.05) is 24.3 Å². The minimum atomic E-state index is -0.335. The van der Waals surface area contributed by atoms with Gasteiger partial charge in [0.1, 0.15) is 5.82 Å². The third-order valence-corrected chi connectivity index (χ3v) is 5.74. The molecule has 0 spiro atoms. The van der Waals surface area contributed by atoms with E-state index < -0.39 is 0 Å². The van der Waals surface area contributed by atoms with Crippen LogP contribution in [0.2, 0.25) is 0 Å². The zero-order chi connectivity index (χ0) is 20.1. The second kappa shape index (κ2) is 6.51. The number of allylic oxidation sites excluding steroid dienone is 2. The Kier molecular flexibility index (Phi) is 3.94. The Morgan fingerprint density at radius 3 is 2.62 bits per heavy atom. The minimum Gasteiger partial charge on any atom is -0.504 e. The smallest absolute Gasteiger partial charge is 0.161 e. The Morgan fingerprint density at radius 1 is 1.07 bits per heavy atom. The molecule has 0 amide bonds. The van der Waals surface area contributed by atoms with Crippen LogP contribution in [0.4, 0.5) is 5.82 Å². The van der Waals surface area contributed by atoms with Gasteiger partial charge in [0.2, 0.25) is 0 Å². The first-order valence-electron chi connectivity index (χ1n) is 9.74. The van der Waals surface area contributed by atoms with Crippen molar-refractivity contribution in [3.8, 4) is 17.2 Å². The van der Waals surface area contributed by atoms with E-state index in [1.807, 2.05) is 41.9 Å². The summed E-state index contributed by atoms with van der Waals surface area (Å²) >= 11 is 0.